The Labute approximate surface area is 173 Å². The van der Waals surface area contributed by atoms with E-state index in [1.165, 1.54) is 6.07 Å². The summed E-state index contributed by atoms with van der Waals surface area (Å²) < 4.78 is 14.7. The van der Waals surface area contributed by atoms with Gasteiger partial charge in [0, 0.05) is 35.6 Å². The third-order valence-corrected chi connectivity index (χ3v) is 6.59. The van der Waals surface area contributed by atoms with Crippen molar-refractivity contribution in [1.82, 2.24) is 5.32 Å². The number of nitrogens with zero attached hydrogens (tertiary/aromatic N) is 1. The molecule has 154 valence electrons. The molecule has 1 aromatic heterocycles. The predicted octanol–water partition coefficient (Wildman–Crippen LogP) is 2.80. The summed E-state index contributed by atoms with van der Waals surface area (Å²) in [6, 6.07) is 11.9. The molecule has 2 heterocycles. The normalized spacial score (nSPS) is 18.5. The summed E-state index contributed by atoms with van der Waals surface area (Å²) >= 11 is 1.60. The van der Waals surface area contributed by atoms with E-state index in [4.69, 9.17) is 0 Å². The SMILES string of the molecule is OC(O)c1ccc(N2CCNCC2C(O)CCc2csc3ccc(F)cc23)cc1. The highest BCUT2D eigenvalue weighted by Gasteiger charge is 2.29. The Balaban J connectivity index is 1.46. The zero-order valence-corrected chi connectivity index (χ0v) is 16.8. The maximum absolute atomic E-state index is 13.6. The third kappa shape index (κ3) is 4.44. The molecular weight excluding hydrogens is 391 g/mol. The zero-order valence-electron chi connectivity index (χ0n) is 16.0. The molecule has 5 nitrogen and oxygen atoms in total. The molecule has 2 atom stereocenters. The van der Waals surface area contributed by atoms with Gasteiger partial charge in [-0.3, -0.25) is 0 Å². The van der Waals surface area contributed by atoms with Gasteiger partial charge in [0.05, 0.1) is 12.1 Å². The topological polar surface area (TPSA) is 76.0 Å². The average Bonchev–Trinajstić information content (AvgIpc) is 3.14. The summed E-state index contributed by atoms with van der Waals surface area (Å²) in [4.78, 5) is 2.17. The minimum absolute atomic E-state index is 0.0877. The van der Waals surface area contributed by atoms with Crippen LogP contribution in [0.2, 0.25) is 0 Å². The smallest absolute Gasteiger partial charge is 0.178 e. The summed E-state index contributed by atoms with van der Waals surface area (Å²) in [5, 5.41) is 35.8. The van der Waals surface area contributed by atoms with E-state index >= 15 is 0 Å². The molecule has 0 saturated carbocycles. The number of aryl methyl sites for hydroxylation is 1. The van der Waals surface area contributed by atoms with Crippen LogP contribution in [0.25, 0.3) is 10.1 Å². The molecule has 1 saturated heterocycles. The maximum Gasteiger partial charge on any atom is 0.178 e. The molecule has 0 radical (unpaired) electrons. The van der Waals surface area contributed by atoms with Crippen molar-refractivity contribution in [2.75, 3.05) is 24.5 Å². The van der Waals surface area contributed by atoms with Gasteiger partial charge in [-0.05, 0) is 59.5 Å². The monoisotopic (exact) mass is 416 g/mol. The van der Waals surface area contributed by atoms with E-state index in [9.17, 15) is 19.7 Å². The lowest BCUT2D eigenvalue weighted by Gasteiger charge is -2.40. The molecule has 4 N–H and O–H groups in total. The van der Waals surface area contributed by atoms with Gasteiger partial charge >= 0.3 is 0 Å². The summed E-state index contributed by atoms with van der Waals surface area (Å²) in [5.74, 6) is -0.239. The van der Waals surface area contributed by atoms with Crippen LogP contribution in [0.3, 0.4) is 0 Å². The van der Waals surface area contributed by atoms with E-state index in [0.717, 1.165) is 34.4 Å². The third-order valence-electron chi connectivity index (χ3n) is 5.58. The second kappa shape index (κ2) is 8.77. The number of aliphatic hydroxyl groups excluding tert-OH is 2. The quantitative estimate of drug-likeness (QED) is 0.465. The van der Waals surface area contributed by atoms with Gasteiger partial charge in [-0.2, -0.15) is 0 Å². The lowest BCUT2D eigenvalue weighted by molar-refractivity contribution is -0.0424. The fraction of sp³-hybridized carbons (Fsp3) is 0.364. The molecule has 2 unspecified atom stereocenters. The maximum atomic E-state index is 13.6. The lowest BCUT2D eigenvalue weighted by Crippen LogP contribution is -2.56. The molecule has 2 aromatic carbocycles. The molecule has 4 rings (SSSR count). The number of benzene rings is 2. The molecule has 1 aliphatic heterocycles. The number of aliphatic hydroxyl groups is 3. The second-order valence-electron chi connectivity index (χ2n) is 7.44. The van der Waals surface area contributed by atoms with E-state index in [-0.39, 0.29) is 11.9 Å². The summed E-state index contributed by atoms with van der Waals surface area (Å²) in [6.45, 7) is 2.25. The van der Waals surface area contributed by atoms with Gasteiger partial charge in [0.2, 0.25) is 0 Å². The molecule has 1 fully saturated rings. The largest absolute Gasteiger partial charge is 0.391 e. The number of fused-ring (bicyclic) bond motifs is 1. The molecular formula is C22H25FN2O3S. The Morgan fingerprint density at radius 2 is 1.93 bits per heavy atom. The van der Waals surface area contributed by atoms with E-state index in [1.807, 2.05) is 17.5 Å². The van der Waals surface area contributed by atoms with Crippen molar-refractivity contribution >= 4 is 27.1 Å². The Kier molecular flexibility index (Phi) is 6.12. The van der Waals surface area contributed by atoms with Crippen LogP contribution in [-0.2, 0) is 6.42 Å². The van der Waals surface area contributed by atoms with Crippen molar-refractivity contribution in [3.8, 4) is 0 Å². The van der Waals surface area contributed by atoms with Crippen LogP contribution in [-0.4, -0.2) is 47.1 Å². The van der Waals surface area contributed by atoms with Crippen LogP contribution in [0.4, 0.5) is 10.1 Å². The fourth-order valence-corrected chi connectivity index (χ4v) is 4.95. The van der Waals surface area contributed by atoms with E-state index in [2.05, 4.69) is 10.2 Å². The number of anilines is 1. The zero-order chi connectivity index (χ0) is 20.4. The van der Waals surface area contributed by atoms with Crippen molar-refractivity contribution in [1.29, 1.82) is 0 Å². The first-order valence-corrected chi connectivity index (χ1v) is 10.7. The van der Waals surface area contributed by atoms with Gasteiger partial charge in [0.25, 0.3) is 0 Å². The molecule has 0 aliphatic carbocycles. The van der Waals surface area contributed by atoms with E-state index < -0.39 is 12.4 Å². The highest BCUT2D eigenvalue weighted by molar-refractivity contribution is 7.17. The van der Waals surface area contributed by atoms with Crippen molar-refractivity contribution in [2.45, 2.75) is 31.3 Å². The Morgan fingerprint density at radius 3 is 2.69 bits per heavy atom. The number of hydrogen-bond acceptors (Lipinski definition) is 6. The van der Waals surface area contributed by atoms with Crippen LogP contribution in [0.5, 0.6) is 0 Å². The van der Waals surface area contributed by atoms with Gasteiger partial charge in [0.15, 0.2) is 6.29 Å². The van der Waals surface area contributed by atoms with Gasteiger partial charge < -0.3 is 25.5 Å². The number of rotatable bonds is 6. The summed E-state index contributed by atoms with van der Waals surface area (Å²) in [6.07, 6.45) is -0.767. The molecule has 0 bridgehead atoms. The minimum Gasteiger partial charge on any atom is -0.391 e. The molecule has 3 aromatic rings. The van der Waals surface area contributed by atoms with Gasteiger partial charge in [-0.25, -0.2) is 4.39 Å². The first kappa shape index (κ1) is 20.3. The van der Waals surface area contributed by atoms with Gasteiger partial charge in [-0.15, -0.1) is 11.3 Å². The Hall–Kier alpha value is -2.03. The van der Waals surface area contributed by atoms with Crippen LogP contribution in [0.1, 0.15) is 23.8 Å². The predicted molar refractivity (Wildman–Crippen MR) is 114 cm³/mol. The van der Waals surface area contributed by atoms with Gasteiger partial charge in [-0.1, -0.05) is 12.1 Å². The van der Waals surface area contributed by atoms with Crippen molar-refractivity contribution in [2.24, 2.45) is 0 Å². The van der Waals surface area contributed by atoms with Crippen LogP contribution >= 0.6 is 11.3 Å². The Bertz CT molecular complexity index is 960. The lowest BCUT2D eigenvalue weighted by atomic mass is 9.98. The standard InChI is InChI=1S/C22H25FN2O3S/c23-16-4-8-21-18(11-16)15(13-29-21)3-7-20(26)19-12-24-9-10-25(19)17-5-1-14(2-6-17)22(27)28/h1-2,4-6,8,11,13,19-20,22,24,26-28H,3,7,9-10,12H2. The first-order chi connectivity index (χ1) is 14.0. The number of piperazine rings is 1. The molecule has 1 aliphatic rings. The molecule has 0 spiro atoms. The first-order valence-electron chi connectivity index (χ1n) is 9.80. The highest BCUT2D eigenvalue weighted by Crippen LogP contribution is 2.29. The van der Waals surface area contributed by atoms with Crippen molar-refractivity contribution in [3.63, 3.8) is 0 Å². The van der Waals surface area contributed by atoms with Crippen LogP contribution in [0.15, 0.2) is 47.8 Å². The van der Waals surface area contributed by atoms with Gasteiger partial charge in [0.1, 0.15) is 5.82 Å². The fourth-order valence-electron chi connectivity index (χ4n) is 3.97. The van der Waals surface area contributed by atoms with Crippen LogP contribution < -0.4 is 10.2 Å². The van der Waals surface area contributed by atoms with Crippen molar-refractivity contribution < 1.29 is 19.7 Å². The minimum atomic E-state index is -1.49. The van der Waals surface area contributed by atoms with Crippen LogP contribution in [0, 0.1) is 5.82 Å². The molecule has 29 heavy (non-hydrogen) atoms. The number of halogens is 1. The number of thiophene rings is 1. The van der Waals surface area contributed by atoms with Crippen molar-refractivity contribution in [3.05, 3.63) is 64.8 Å². The van der Waals surface area contributed by atoms with E-state index in [1.54, 1.807) is 35.6 Å². The Morgan fingerprint density at radius 1 is 1.14 bits per heavy atom. The summed E-state index contributed by atoms with van der Waals surface area (Å²) in [7, 11) is 0. The molecule has 0 amide bonds. The number of nitrogens with one attached hydrogen (secondary N) is 1. The average molecular weight is 417 g/mol. The highest BCUT2D eigenvalue weighted by atomic mass is 32.1. The molecule has 7 heteroatoms. The summed E-state index contributed by atoms with van der Waals surface area (Å²) in [5.41, 5.74) is 2.46. The number of hydrogen-bond donors (Lipinski definition) is 4. The van der Waals surface area contributed by atoms with E-state index in [0.29, 0.717) is 24.9 Å². The second-order valence-corrected chi connectivity index (χ2v) is 8.35.